The topological polar surface area (TPSA) is 63.0 Å². The Morgan fingerprint density at radius 2 is 2.04 bits per heavy atom. The summed E-state index contributed by atoms with van der Waals surface area (Å²) in [6, 6.07) is 6.90. The minimum Gasteiger partial charge on any atom is -0.481 e. The number of amides is 1. The third kappa shape index (κ3) is 4.00. The van der Waals surface area contributed by atoms with Gasteiger partial charge < -0.3 is 14.1 Å². The van der Waals surface area contributed by atoms with E-state index < -0.39 is 6.10 Å². The van der Waals surface area contributed by atoms with Crippen LogP contribution in [0.3, 0.4) is 0 Å². The molecule has 0 spiro atoms. The Morgan fingerprint density at radius 1 is 1.30 bits per heavy atom. The number of aryl methyl sites for hydroxylation is 1. The van der Waals surface area contributed by atoms with Crippen LogP contribution in [0.15, 0.2) is 33.5 Å². The number of ether oxygens (including phenoxy) is 1. The fourth-order valence-corrected chi connectivity index (χ4v) is 3.52. The smallest absolute Gasteiger partial charge is 0.336 e. The Labute approximate surface area is 159 Å². The molecule has 0 N–H and O–H groups in total. The van der Waals surface area contributed by atoms with Crippen molar-refractivity contribution in [3.05, 3.63) is 40.2 Å². The molecule has 6 nitrogen and oxygen atoms in total. The lowest BCUT2D eigenvalue weighted by Gasteiger charge is -2.45. The molecule has 0 bridgehead atoms. The Kier molecular flexibility index (Phi) is 5.29. The standard InChI is InChI=1S/C21H28N2O4/c1-6-15-11-19(24)27-18-12-16(7-8-17(15)18)26-14(2)20(25)23-10-9-22(5)21(3,4)13-23/h7-8,11-12,14H,6,9-10,13H2,1-5H3. The van der Waals surface area contributed by atoms with Gasteiger partial charge in [-0.15, -0.1) is 0 Å². The van der Waals surface area contributed by atoms with Crippen LogP contribution >= 0.6 is 0 Å². The maximum Gasteiger partial charge on any atom is 0.336 e. The summed E-state index contributed by atoms with van der Waals surface area (Å²) in [6.07, 6.45) is 0.138. The first-order valence-electron chi connectivity index (χ1n) is 9.45. The molecule has 0 saturated carbocycles. The molecule has 1 aromatic heterocycles. The van der Waals surface area contributed by atoms with Crippen LogP contribution in [0.25, 0.3) is 11.0 Å². The van der Waals surface area contributed by atoms with E-state index in [0.29, 0.717) is 24.4 Å². The van der Waals surface area contributed by atoms with E-state index in [9.17, 15) is 9.59 Å². The van der Waals surface area contributed by atoms with Gasteiger partial charge in [0.2, 0.25) is 0 Å². The van der Waals surface area contributed by atoms with Gasteiger partial charge in [0.25, 0.3) is 5.91 Å². The fourth-order valence-electron chi connectivity index (χ4n) is 3.52. The molecule has 3 rings (SSSR count). The van der Waals surface area contributed by atoms with Gasteiger partial charge in [0.15, 0.2) is 6.10 Å². The first kappa shape index (κ1) is 19.4. The Hall–Kier alpha value is -2.34. The predicted molar refractivity (Wildman–Crippen MR) is 105 cm³/mol. The molecule has 1 aromatic carbocycles. The molecule has 0 radical (unpaired) electrons. The highest BCUT2D eigenvalue weighted by Crippen LogP contribution is 2.25. The van der Waals surface area contributed by atoms with Crippen LogP contribution in [0, 0.1) is 0 Å². The molecule has 1 aliphatic rings. The van der Waals surface area contributed by atoms with Crippen molar-refractivity contribution < 1.29 is 13.9 Å². The van der Waals surface area contributed by atoms with Crippen LogP contribution in [0.2, 0.25) is 0 Å². The van der Waals surface area contributed by atoms with Crippen molar-refractivity contribution in [1.29, 1.82) is 0 Å². The largest absolute Gasteiger partial charge is 0.481 e. The predicted octanol–water partition coefficient (Wildman–Crippen LogP) is 2.68. The number of carbonyl (C=O) groups is 1. The molecule has 146 valence electrons. The lowest BCUT2D eigenvalue weighted by Crippen LogP contribution is -2.60. The second-order valence-electron chi connectivity index (χ2n) is 7.86. The summed E-state index contributed by atoms with van der Waals surface area (Å²) in [5.41, 5.74) is 0.991. The molecule has 1 aliphatic heterocycles. The summed E-state index contributed by atoms with van der Waals surface area (Å²) in [5.74, 6) is 0.494. The number of nitrogens with zero attached hydrogens (tertiary/aromatic N) is 2. The molecule has 1 unspecified atom stereocenters. The van der Waals surface area contributed by atoms with Gasteiger partial charge in [-0.05, 0) is 51.9 Å². The summed E-state index contributed by atoms with van der Waals surface area (Å²) in [5, 5.41) is 0.893. The molecule has 27 heavy (non-hydrogen) atoms. The van der Waals surface area contributed by atoms with Crippen LogP contribution in [0.4, 0.5) is 0 Å². The summed E-state index contributed by atoms with van der Waals surface area (Å²) < 4.78 is 11.2. The van der Waals surface area contributed by atoms with E-state index in [1.165, 1.54) is 6.07 Å². The highest BCUT2D eigenvalue weighted by atomic mass is 16.5. The molecule has 0 aliphatic carbocycles. The zero-order chi connectivity index (χ0) is 19.8. The number of benzene rings is 1. The lowest BCUT2D eigenvalue weighted by molar-refractivity contribution is -0.142. The third-order valence-electron chi connectivity index (χ3n) is 5.47. The molecule has 1 amide bonds. The Balaban J connectivity index is 1.76. The number of piperazine rings is 1. The van der Waals surface area contributed by atoms with E-state index in [2.05, 4.69) is 25.8 Å². The minimum atomic E-state index is -0.609. The SMILES string of the molecule is CCc1cc(=O)oc2cc(OC(C)C(=O)N3CCN(C)C(C)(C)C3)ccc12. The van der Waals surface area contributed by atoms with Gasteiger partial charge in [-0.25, -0.2) is 4.79 Å². The molecule has 6 heteroatoms. The minimum absolute atomic E-state index is 0.0277. The summed E-state index contributed by atoms with van der Waals surface area (Å²) in [7, 11) is 2.08. The van der Waals surface area contributed by atoms with Crippen molar-refractivity contribution in [3.63, 3.8) is 0 Å². The van der Waals surface area contributed by atoms with E-state index in [0.717, 1.165) is 23.9 Å². The average molecular weight is 372 g/mol. The molecule has 1 atom stereocenters. The van der Waals surface area contributed by atoms with E-state index in [-0.39, 0.29) is 17.1 Å². The normalized spacial score (nSPS) is 18.5. The van der Waals surface area contributed by atoms with Gasteiger partial charge in [-0.1, -0.05) is 6.92 Å². The van der Waals surface area contributed by atoms with Crippen molar-refractivity contribution in [2.45, 2.75) is 45.8 Å². The number of hydrogen-bond donors (Lipinski definition) is 0. The van der Waals surface area contributed by atoms with Gasteiger partial charge in [-0.2, -0.15) is 0 Å². The van der Waals surface area contributed by atoms with Crippen LogP contribution in [-0.2, 0) is 11.2 Å². The zero-order valence-electron chi connectivity index (χ0n) is 16.7. The van der Waals surface area contributed by atoms with E-state index in [4.69, 9.17) is 9.15 Å². The zero-order valence-corrected chi connectivity index (χ0v) is 16.7. The van der Waals surface area contributed by atoms with E-state index >= 15 is 0 Å². The monoisotopic (exact) mass is 372 g/mol. The number of fused-ring (bicyclic) bond motifs is 1. The summed E-state index contributed by atoms with van der Waals surface area (Å²) >= 11 is 0. The molecular weight excluding hydrogens is 344 g/mol. The fraction of sp³-hybridized carbons (Fsp3) is 0.524. The Bertz CT molecular complexity index is 903. The van der Waals surface area contributed by atoms with Crippen LogP contribution < -0.4 is 10.4 Å². The maximum atomic E-state index is 12.8. The van der Waals surface area contributed by atoms with Crippen LogP contribution in [0.1, 0.15) is 33.3 Å². The number of hydrogen-bond acceptors (Lipinski definition) is 5. The average Bonchev–Trinajstić information content (AvgIpc) is 2.62. The van der Waals surface area contributed by atoms with Crippen molar-refractivity contribution in [2.24, 2.45) is 0 Å². The van der Waals surface area contributed by atoms with Gasteiger partial charge in [-0.3, -0.25) is 9.69 Å². The third-order valence-corrected chi connectivity index (χ3v) is 5.47. The van der Waals surface area contributed by atoms with Crippen molar-refractivity contribution in [2.75, 3.05) is 26.7 Å². The summed E-state index contributed by atoms with van der Waals surface area (Å²) in [6.45, 7) is 10.2. The molecule has 1 fully saturated rings. The summed E-state index contributed by atoms with van der Waals surface area (Å²) in [4.78, 5) is 28.7. The Morgan fingerprint density at radius 3 is 2.70 bits per heavy atom. The highest BCUT2D eigenvalue weighted by Gasteiger charge is 2.35. The van der Waals surface area contributed by atoms with Gasteiger partial charge in [0.05, 0.1) is 0 Å². The molecule has 2 aromatic rings. The van der Waals surface area contributed by atoms with Crippen LogP contribution in [-0.4, -0.2) is 54.0 Å². The molecule has 1 saturated heterocycles. The number of carbonyl (C=O) groups excluding carboxylic acids is 1. The molecular formula is C21H28N2O4. The van der Waals surface area contributed by atoms with Gasteiger partial charge >= 0.3 is 5.63 Å². The van der Waals surface area contributed by atoms with Crippen molar-refractivity contribution >= 4 is 16.9 Å². The maximum absolute atomic E-state index is 12.8. The first-order valence-corrected chi connectivity index (χ1v) is 9.45. The van der Waals surface area contributed by atoms with Gasteiger partial charge in [0, 0.05) is 42.7 Å². The first-order chi connectivity index (χ1) is 12.7. The molecule has 2 heterocycles. The van der Waals surface area contributed by atoms with E-state index in [1.807, 2.05) is 24.0 Å². The highest BCUT2D eigenvalue weighted by molar-refractivity contribution is 5.83. The second-order valence-corrected chi connectivity index (χ2v) is 7.86. The second kappa shape index (κ2) is 7.35. The van der Waals surface area contributed by atoms with E-state index in [1.54, 1.807) is 13.0 Å². The number of rotatable bonds is 4. The van der Waals surface area contributed by atoms with Crippen molar-refractivity contribution in [3.8, 4) is 5.75 Å². The quantitative estimate of drug-likeness (QED) is 0.772. The van der Waals surface area contributed by atoms with Gasteiger partial charge in [0.1, 0.15) is 11.3 Å². The van der Waals surface area contributed by atoms with Crippen molar-refractivity contribution in [1.82, 2.24) is 9.80 Å². The van der Waals surface area contributed by atoms with Crippen LogP contribution in [0.5, 0.6) is 5.75 Å². The lowest BCUT2D eigenvalue weighted by atomic mass is 9.99. The number of likely N-dealkylation sites (N-methyl/N-ethyl adjacent to an activating group) is 1.